The maximum absolute atomic E-state index is 4.96. The first-order valence-corrected chi connectivity index (χ1v) is 5.40. The van der Waals surface area contributed by atoms with Crippen molar-refractivity contribution in [2.24, 2.45) is 0 Å². The van der Waals surface area contributed by atoms with E-state index in [1.807, 2.05) is 44.2 Å². The van der Waals surface area contributed by atoms with Crippen molar-refractivity contribution in [2.45, 2.75) is 13.8 Å². The van der Waals surface area contributed by atoms with Gasteiger partial charge in [0, 0.05) is 5.57 Å². The second-order valence-corrected chi connectivity index (χ2v) is 2.84. The first-order valence-electron chi connectivity index (χ1n) is 5.40. The van der Waals surface area contributed by atoms with Gasteiger partial charge in [0.1, 0.15) is 0 Å². The van der Waals surface area contributed by atoms with Crippen LogP contribution in [-0.2, 0) is 4.74 Å². The Morgan fingerprint density at radius 3 is 2.44 bits per heavy atom. The summed E-state index contributed by atoms with van der Waals surface area (Å²) >= 11 is 0. The average molecular weight is 216 g/mol. The van der Waals surface area contributed by atoms with Gasteiger partial charge in [-0.1, -0.05) is 57.4 Å². The van der Waals surface area contributed by atoms with Gasteiger partial charge < -0.3 is 4.74 Å². The number of hydrogen-bond donors (Lipinski definition) is 0. The molecule has 0 aliphatic heterocycles. The van der Waals surface area contributed by atoms with Crippen molar-refractivity contribution >= 4 is 11.6 Å². The zero-order valence-electron chi connectivity index (χ0n) is 10.4. The molecule has 0 heterocycles. The molecule has 86 valence electrons. The molecule has 0 fully saturated rings. The molecule has 1 nitrogen and oxygen atoms in total. The van der Waals surface area contributed by atoms with Crippen molar-refractivity contribution in [3.8, 4) is 0 Å². The molecular weight excluding hydrogens is 196 g/mol. The molecule has 0 N–H and O–H groups in total. The van der Waals surface area contributed by atoms with Gasteiger partial charge in [0.05, 0.1) is 13.4 Å². The molecule has 1 rings (SSSR count). The Morgan fingerprint density at radius 2 is 1.94 bits per heavy atom. The first-order chi connectivity index (χ1) is 7.81. The summed E-state index contributed by atoms with van der Waals surface area (Å²) in [5, 5.41) is 0. The molecule has 0 saturated heterocycles. The van der Waals surface area contributed by atoms with E-state index in [9.17, 15) is 0 Å². The zero-order valence-corrected chi connectivity index (χ0v) is 10.4. The van der Waals surface area contributed by atoms with Crippen LogP contribution in [0.25, 0.3) is 11.6 Å². The number of methoxy groups -OCH3 is 1. The molecule has 0 atom stereocenters. The molecule has 1 heteroatoms. The van der Waals surface area contributed by atoms with Crippen LogP contribution < -0.4 is 0 Å². The van der Waals surface area contributed by atoms with E-state index in [2.05, 4.69) is 13.2 Å². The van der Waals surface area contributed by atoms with E-state index in [1.54, 1.807) is 19.4 Å². The molecule has 0 spiro atoms. The minimum Gasteiger partial charge on any atom is -0.504 e. The highest BCUT2D eigenvalue weighted by Crippen LogP contribution is 2.17. The molecule has 0 aromatic heterocycles. The van der Waals surface area contributed by atoms with E-state index < -0.39 is 0 Å². The normalized spacial score (nSPS) is 9.81. The average Bonchev–Trinajstić information content (AvgIpc) is 2.38. The van der Waals surface area contributed by atoms with Crippen molar-refractivity contribution in [3.63, 3.8) is 0 Å². The van der Waals surface area contributed by atoms with E-state index in [-0.39, 0.29) is 0 Å². The minimum absolute atomic E-state index is 0.969. The van der Waals surface area contributed by atoms with Crippen molar-refractivity contribution in [3.05, 3.63) is 60.9 Å². The monoisotopic (exact) mass is 216 g/mol. The van der Waals surface area contributed by atoms with E-state index in [0.29, 0.717) is 0 Å². The van der Waals surface area contributed by atoms with Gasteiger partial charge in [-0.25, -0.2) is 0 Å². The highest BCUT2D eigenvalue weighted by atomic mass is 16.5. The Labute approximate surface area is 98.8 Å². The smallest absolute Gasteiger partial charge is 0.0902 e. The SMILES string of the molecule is C=C/C(=C\OC)c1cccc(C=C)c1.CC. The summed E-state index contributed by atoms with van der Waals surface area (Å²) in [6.07, 6.45) is 5.26. The lowest BCUT2D eigenvalue weighted by Crippen LogP contribution is -1.83. The highest BCUT2D eigenvalue weighted by molar-refractivity contribution is 5.74. The third kappa shape index (κ3) is 4.18. The van der Waals surface area contributed by atoms with Crippen LogP contribution in [0.1, 0.15) is 25.0 Å². The molecule has 0 aliphatic carbocycles. The second kappa shape index (κ2) is 8.54. The Bertz CT molecular complexity index is 361. The van der Waals surface area contributed by atoms with Gasteiger partial charge in [-0.2, -0.15) is 0 Å². The Hall–Kier alpha value is -1.76. The Morgan fingerprint density at radius 1 is 1.25 bits per heavy atom. The van der Waals surface area contributed by atoms with Gasteiger partial charge in [-0.3, -0.25) is 0 Å². The molecule has 0 radical (unpaired) electrons. The van der Waals surface area contributed by atoms with Crippen LogP contribution in [0.15, 0.2) is 49.8 Å². The fourth-order valence-corrected chi connectivity index (χ4v) is 1.21. The van der Waals surface area contributed by atoms with Gasteiger partial charge >= 0.3 is 0 Å². The van der Waals surface area contributed by atoms with E-state index in [0.717, 1.165) is 16.7 Å². The molecule has 0 aliphatic rings. The minimum atomic E-state index is 0.969. The summed E-state index contributed by atoms with van der Waals surface area (Å²) in [6, 6.07) is 8.04. The van der Waals surface area contributed by atoms with Crippen LogP contribution >= 0.6 is 0 Å². The van der Waals surface area contributed by atoms with Crippen LogP contribution in [-0.4, -0.2) is 7.11 Å². The van der Waals surface area contributed by atoms with Gasteiger partial charge in [-0.15, -0.1) is 0 Å². The molecule has 16 heavy (non-hydrogen) atoms. The summed E-state index contributed by atoms with van der Waals surface area (Å²) < 4.78 is 4.96. The quantitative estimate of drug-likeness (QED) is 0.530. The predicted octanol–water partition coefficient (Wildman–Crippen LogP) is 4.53. The maximum atomic E-state index is 4.96. The Balaban J connectivity index is 0.00000106. The summed E-state index contributed by atoms with van der Waals surface area (Å²) in [6.45, 7) is 11.5. The lowest BCUT2D eigenvalue weighted by atomic mass is 10.0. The fourth-order valence-electron chi connectivity index (χ4n) is 1.21. The lowest BCUT2D eigenvalue weighted by Gasteiger charge is -2.03. The number of allylic oxidation sites excluding steroid dienone is 2. The van der Waals surface area contributed by atoms with Crippen LogP contribution in [0, 0.1) is 0 Å². The van der Waals surface area contributed by atoms with E-state index >= 15 is 0 Å². The van der Waals surface area contributed by atoms with E-state index in [4.69, 9.17) is 4.74 Å². The van der Waals surface area contributed by atoms with Gasteiger partial charge in [0.15, 0.2) is 0 Å². The Kier molecular flexibility index (Phi) is 7.60. The van der Waals surface area contributed by atoms with Gasteiger partial charge in [0.2, 0.25) is 0 Å². The summed E-state index contributed by atoms with van der Waals surface area (Å²) in [5.74, 6) is 0. The second-order valence-electron chi connectivity index (χ2n) is 2.84. The molecule has 0 saturated carbocycles. The van der Waals surface area contributed by atoms with Crippen LogP contribution in [0.5, 0.6) is 0 Å². The first kappa shape index (κ1) is 14.2. The zero-order chi connectivity index (χ0) is 12.4. The van der Waals surface area contributed by atoms with Crippen molar-refractivity contribution in [1.82, 2.24) is 0 Å². The standard InChI is InChI=1S/C13H14O.C2H6/c1-4-11-7-6-8-13(9-11)12(5-2)10-14-3;1-2/h4-10H,1-2H2,3H3;1-2H3/b12-10+;. The van der Waals surface area contributed by atoms with Crippen LogP contribution in [0.3, 0.4) is 0 Å². The highest BCUT2D eigenvalue weighted by Gasteiger charge is 1.97. The maximum Gasteiger partial charge on any atom is 0.0902 e. The molecule has 0 bridgehead atoms. The van der Waals surface area contributed by atoms with Crippen LogP contribution in [0.4, 0.5) is 0 Å². The van der Waals surface area contributed by atoms with Gasteiger partial charge in [0.25, 0.3) is 0 Å². The van der Waals surface area contributed by atoms with Crippen molar-refractivity contribution < 1.29 is 4.74 Å². The van der Waals surface area contributed by atoms with Crippen molar-refractivity contribution in [2.75, 3.05) is 7.11 Å². The summed E-state index contributed by atoms with van der Waals surface area (Å²) in [4.78, 5) is 0. The summed E-state index contributed by atoms with van der Waals surface area (Å²) in [5.41, 5.74) is 3.14. The molecule has 1 aromatic rings. The third-order valence-electron chi connectivity index (χ3n) is 1.92. The van der Waals surface area contributed by atoms with Crippen LogP contribution in [0.2, 0.25) is 0 Å². The molecule has 0 amide bonds. The summed E-state index contributed by atoms with van der Waals surface area (Å²) in [7, 11) is 1.63. The molecule has 1 aromatic carbocycles. The fraction of sp³-hybridized carbons (Fsp3) is 0.200. The lowest BCUT2D eigenvalue weighted by molar-refractivity contribution is 0.340. The molecule has 0 unspecified atom stereocenters. The predicted molar refractivity (Wildman–Crippen MR) is 73.1 cm³/mol. The van der Waals surface area contributed by atoms with E-state index in [1.165, 1.54) is 0 Å². The topological polar surface area (TPSA) is 9.23 Å². The number of benzene rings is 1. The number of ether oxygens (including phenoxy) is 1. The largest absolute Gasteiger partial charge is 0.504 e. The number of rotatable bonds is 4. The number of hydrogen-bond acceptors (Lipinski definition) is 1. The third-order valence-corrected chi connectivity index (χ3v) is 1.92. The van der Waals surface area contributed by atoms with Crippen molar-refractivity contribution in [1.29, 1.82) is 0 Å². The molecular formula is C15H20O. The van der Waals surface area contributed by atoms with Gasteiger partial charge in [-0.05, 0) is 17.2 Å².